The maximum absolute atomic E-state index is 12.9. The topological polar surface area (TPSA) is 149 Å². The first-order valence-corrected chi connectivity index (χ1v) is 21.2. The predicted octanol–water partition coefficient (Wildman–Crippen LogP) is 8.00. The summed E-state index contributed by atoms with van der Waals surface area (Å²) in [6, 6.07) is -0.709. The SMILES string of the molecule is CCCCCCCCCCCCCCCCC(=O)NC(COC1OC(CO)C(O)C(O)C1O)C(O)CCCCCCCCCCCCCCC. The molecule has 0 aliphatic carbocycles. The molecule has 0 saturated carbocycles. The Labute approximate surface area is 306 Å². The summed E-state index contributed by atoms with van der Waals surface area (Å²) in [6.07, 6.45) is 26.7. The van der Waals surface area contributed by atoms with Gasteiger partial charge in [-0.25, -0.2) is 0 Å². The van der Waals surface area contributed by atoms with Crippen LogP contribution in [0.5, 0.6) is 0 Å². The first kappa shape index (κ1) is 47.2. The highest BCUT2D eigenvalue weighted by Gasteiger charge is 2.44. The standard InChI is InChI=1S/C41H81NO8/c1-3-5-7-9-11-13-15-17-19-21-23-25-27-29-31-37(45)42-34(33-49-41-40(48)39(47)38(46)36(32-43)50-41)35(44)30-28-26-24-22-20-18-16-14-12-10-8-6-4-2/h34-36,38-41,43-44,46-48H,3-33H2,1-2H3,(H,42,45). The predicted molar refractivity (Wildman–Crippen MR) is 203 cm³/mol. The van der Waals surface area contributed by atoms with Crippen LogP contribution in [-0.2, 0) is 14.3 Å². The van der Waals surface area contributed by atoms with Crippen molar-refractivity contribution in [2.24, 2.45) is 0 Å². The fourth-order valence-electron chi connectivity index (χ4n) is 6.98. The molecule has 1 aliphatic heterocycles. The quantitative estimate of drug-likeness (QED) is 0.0362. The highest BCUT2D eigenvalue weighted by atomic mass is 16.7. The Kier molecular flexibility index (Phi) is 31.0. The van der Waals surface area contributed by atoms with Gasteiger partial charge >= 0.3 is 0 Å². The molecule has 7 unspecified atom stereocenters. The third-order valence-corrected chi connectivity index (χ3v) is 10.5. The van der Waals surface area contributed by atoms with Gasteiger partial charge in [-0.3, -0.25) is 4.79 Å². The lowest BCUT2D eigenvalue weighted by molar-refractivity contribution is -0.302. The van der Waals surface area contributed by atoms with E-state index in [-0.39, 0.29) is 12.5 Å². The molecule has 0 aromatic carbocycles. The number of hydrogen-bond donors (Lipinski definition) is 6. The van der Waals surface area contributed by atoms with E-state index in [2.05, 4.69) is 19.2 Å². The number of amides is 1. The van der Waals surface area contributed by atoms with Gasteiger partial charge < -0.3 is 40.3 Å². The van der Waals surface area contributed by atoms with Crippen molar-refractivity contribution in [3.63, 3.8) is 0 Å². The molecule has 7 atom stereocenters. The third-order valence-electron chi connectivity index (χ3n) is 10.5. The fraction of sp³-hybridized carbons (Fsp3) is 0.976. The average Bonchev–Trinajstić information content (AvgIpc) is 3.11. The number of aliphatic hydroxyl groups is 5. The van der Waals surface area contributed by atoms with Crippen LogP contribution in [0.2, 0.25) is 0 Å². The van der Waals surface area contributed by atoms with E-state index >= 15 is 0 Å². The molecule has 1 fully saturated rings. The van der Waals surface area contributed by atoms with Crippen molar-refractivity contribution in [1.29, 1.82) is 0 Å². The molecule has 1 aliphatic rings. The Morgan fingerprint density at radius 2 is 1.00 bits per heavy atom. The Hall–Kier alpha value is -0.810. The molecule has 6 N–H and O–H groups in total. The number of rotatable bonds is 35. The van der Waals surface area contributed by atoms with Crippen LogP contribution in [0.1, 0.15) is 200 Å². The smallest absolute Gasteiger partial charge is 0.220 e. The normalized spacial score (nSPS) is 22.1. The van der Waals surface area contributed by atoms with Crippen molar-refractivity contribution in [2.45, 2.75) is 243 Å². The van der Waals surface area contributed by atoms with Gasteiger partial charge in [-0.2, -0.15) is 0 Å². The first-order chi connectivity index (χ1) is 24.3. The molecule has 9 nitrogen and oxygen atoms in total. The molecule has 1 rings (SSSR count). The Balaban J connectivity index is 2.37. The van der Waals surface area contributed by atoms with Crippen molar-refractivity contribution >= 4 is 5.91 Å². The van der Waals surface area contributed by atoms with Crippen LogP contribution in [0.15, 0.2) is 0 Å². The Morgan fingerprint density at radius 1 is 0.600 bits per heavy atom. The molecule has 0 bridgehead atoms. The van der Waals surface area contributed by atoms with Crippen LogP contribution in [0.25, 0.3) is 0 Å². The lowest BCUT2D eigenvalue weighted by atomic mass is 9.99. The fourth-order valence-corrected chi connectivity index (χ4v) is 6.98. The summed E-state index contributed by atoms with van der Waals surface area (Å²) in [6.45, 7) is 3.83. The number of carbonyl (C=O) groups is 1. The summed E-state index contributed by atoms with van der Waals surface area (Å²) >= 11 is 0. The second kappa shape index (κ2) is 32.8. The maximum Gasteiger partial charge on any atom is 0.220 e. The van der Waals surface area contributed by atoms with E-state index in [1.54, 1.807) is 0 Å². The van der Waals surface area contributed by atoms with Gasteiger partial charge in [0.05, 0.1) is 25.4 Å². The zero-order valence-electron chi connectivity index (χ0n) is 32.4. The van der Waals surface area contributed by atoms with Gasteiger partial charge in [-0.05, 0) is 12.8 Å². The minimum absolute atomic E-state index is 0.132. The summed E-state index contributed by atoms with van der Waals surface area (Å²) in [5.41, 5.74) is 0. The van der Waals surface area contributed by atoms with Crippen molar-refractivity contribution in [3.05, 3.63) is 0 Å². The lowest BCUT2D eigenvalue weighted by Crippen LogP contribution is -2.60. The van der Waals surface area contributed by atoms with Gasteiger partial charge in [0, 0.05) is 6.42 Å². The van der Waals surface area contributed by atoms with Gasteiger partial charge in [0.15, 0.2) is 6.29 Å². The van der Waals surface area contributed by atoms with Gasteiger partial charge in [0.1, 0.15) is 24.4 Å². The Morgan fingerprint density at radius 3 is 1.42 bits per heavy atom. The number of aliphatic hydroxyl groups excluding tert-OH is 5. The van der Waals surface area contributed by atoms with Crippen molar-refractivity contribution in [2.75, 3.05) is 13.2 Å². The zero-order valence-corrected chi connectivity index (χ0v) is 32.4. The van der Waals surface area contributed by atoms with E-state index in [9.17, 15) is 30.3 Å². The number of ether oxygens (including phenoxy) is 2. The van der Waals surface area contributed by atoms with Crippen molar-refractivity contribution in [3.8, 4) is 0 Å². The first-order valence-electron chi connectivity index (χ1n) is 21.2. The minimum Gasteiger partial charge on any atom is -0.394 e. The second-order valence-corrected chi connectivity index (χ2v) is 15.1. The van der Waals surface area contributed by atoms with E-state index in [1.165, 1.54) is 135 Å². The number of unbranched alkanes of at least 4 members (excludes halogenated alkanes) is 25. The van der Waals surface area contributed by atoms with Crippen LogP contribution in [0.4, 0.5) is 0 Å². The van der Waals surface area contributed by atoms with E-state index in [0.717, 1.165) is 38.5 Å². The zero-order chi connectivity index (χ0) is 36.7. The van der Waals surface area contributed by atoms with Gasteiger partial charge in [-0.15, -0.1) is 0 Å². The number of hydrogen-bond acceptors (Lipinski definition) is 8. The van der Waals surface area contributed by atoms with Crippen molar-refractivity contribution < 1.29 is 39.8 Å². The molecular weight excluding hydrogens is 634 g/mol. The molecule has 50 heavy (non-hydrogen) atoms. The molecule has 0 aromatic heterocycles. The van der Waals surface area contributed by atoms with E-state index in [0.29, 0.717) is 12.8 Å². The molecule has 1 saturated heterocycles. The molecule has 298 valence electrons. The Bertz CT molecular complexity index is 756. The number of nitrogens with one attached hydrogen (secondary N) is 1. The highest BCUT2D eigenvalue weighted by molar-refractivity contribution is 5.76. The third kappa shape index (κ3) is 23.7. The van der Waals surface area contributed by atoms with Crippen LogP contribution < -0.4 is 5.32 Å². The summed E-state index contributed by atoms with van der Waals surface area (Å²) in [4.78, 5) is 12.9. The van der Waals surface area contributed by atoms with Crippen LogP contribution in [-0.4, -0.2) is 87.5 Å². The van der Waals surface area contributed by atoms with Gasteiger partial charge in [-0.1, -0.05) is 181 Å². The molecular formula is C41H81NO8. The van der Waals surface area contributed by atoms with Gasteiger partial charge in [0.25, 0.3) is 0 Å². The largest absolute Gasteiger partial charge is 0.394 e. The molecule has 1 heterocycles. The minimum atomic E-state index is -1.55. The monoisotopic (exact) mass is 716 g/mol. The summed E-state index contributed by atoms with van der Waals surface area (Å²) in [7, 11) is 0. The summed E-state index contributed by atoms with van der Waals surface area (Å²) in [5.74, 6) is -0.143. The van der Waals surface area contributed by atoms with Crippen LogP contribution in [0, 0.1) is 0 Å². The highest BCUT2D eigenvalue weighted by Crippen LogP contribution is 2.23. The molecule has 1 amide bonds. The number of carbonyl (C=O) groups excluding carboxylic acids is 1. The molecule has 0 aromatic rings. The molecule has 0 radical (unpaired) electrons. The average molecular weight is 716 g/mol. The van der Waals surface area contributed by atoms with E-state index < -0.39 is 49.5 Å². The summed E-state index contributed by atoms with van der Waals surface area (Å²) < 4.78 is 11.2. The van der Waals surface area contributed by atoms with Crippen molar-refractivity contribution in [1.82, 2.24) is 5.32 Å². The van der Waals surface area contributed by atoms with E-state index in [1.807, 2.05) is 0 Å². The summed E-state index contributed by atoms with van der Waals surface area (Å²) in [5, 5.41) is 54.2. The van der Waals surface area contributed by atoms with Crippen LogP contribution in [0.3, 0.4) is 0 Å². The molecule has 0 spiro atoms. The van der Waals surface area contributed by atoms with E-state index in [4.69, 9.17) is 9.47 Å². The maximum atomic E-state index is 12.9. The van der Waals surface area contributed by atoms with Gasteiger partial charge in [0.2, 0.25) is 5.91 Å². The lowest BCUT2D eigenvalue weighted by Gasteiger charge is -2.40. The second-order valence-electron chi connectivity index (χ2n) is 15.1. The van der Waals surface area contributed by atoms with Crippen LogP contribution >= 0.6 is 0 Å². The molecule has 9 heteroatoms.